The second-order valence-electron chi connectivity index (χ2n) is 7.47. The maximum absolute atomic E-state index is 12.7. The molecule has 3 heterocycles. The molecule has 0 bridgehead atoms. The van der Waals surface area contributed by atoms with Gasteiger partial charge in [-0.2, -0.15) is 0 Å². The van der Waals surface area contributed by atoms with Gasteiger partial charge in [-0.3, -0.25) is 9.69 Å². The highest BCUT2D eigenvalue weighted by Crippen LogP contribution is 2.47. The van der Waals surface area contributed by atoms with E-state index < -0.39 is 0 Å². The van der Waals surface area contributed by atoms with Gasteiger partial charge >= 0.3 is 0 Å². The molecule has 1 unspecified atom stereocenters. The smallest absolute Gasteiger partial charge is 0.241 e. The Morgan fingerprint density at radius 2 is 2.18 bits per heavy atom. The van der Waals surface area contributed by atoms with Gasteiger partial charge in [0.1, 0.15) is 5.82 Å². The molecule has 2 aromatic rings. The van der Waals surface area contributed by atoms with Crippen LogP contribution in [0.25, 0.3) is 0 Å². The second-order valence-corrected chi connectivity index (χ2v) is 7.87. The van der Waals surface area contributed by atoms with E-state index in [2.05, 4.69) is 34.3 Å². The van der Waals surface area contributed by atoms with Crippen molar-refractivity contribution in [2.75, 3.05) is 49.5 Å². The molecule has 1 aromatic heterocycles. The third kappa shape index (κ3) is 3.15. The molecule has 1 fully saturated rings. The van der Waals surface area contributed by atoms with E-state index in [4.69, 9.17) is 17.3 Å². The third-order valence-electron chi connectivity index (χ3n) is 6.00. The highest BCUT2D eigenvalue weighted by atomic mass is 35.5. The highest BCUT2D eigenvalue weighted by molar-refractivity contribution is 6.32. The van der Waals surface area contributed by atoms with Crippen LogP contribution in [-0.2, 0) is 10.2 Å². The Morgan fingerprint density at radius 1 is 1.32 bits per heavy atom. The number of rotatable bonds is 5. The van der Waals surface area contributed by atoms with Crippen LogP contribution in [0.2, 0.25) is 5.02 Å². The molecule has 0 saturated carbocycles. The van der Waals surface area contributed by atoms with Crippen LogP contribution in [0.3, 0.4) is 0 Å². The van der Waals surface area contributed by atoms with Crippen molar-refractivity contribution in [3.05, 3.63) is 52.7 Å². The minimum atomic E-state index is -0.249. The maximum Gasteiger partial charge on any atom is 0.241 e. The first-order valence-corrected chi connectivity index (χ1v) is 10.2. The Kier molecular flexibility index (Phi) is 5.27. The molecular formula is C21H26ClN5O. The quantitative estimate of drug-likeness (QED) is 0.807. The van der Waals surface area contributed by atoms with Gasteiger partial charge in [-0.15, -0.1) is 0 Å². The number of halogens is 1. The predicted octanol–water partition coefficient (Wildman–Crippen LogP) is 2.46. The highest BCUT2D eigenvalue weighted by Gasteiger charge is 2.42. The van der Waals surface area contributed by atoms with E-state index in [1.165, 1.54) is 0 Å². The fraction of sp³-hybridized carbons (Fsp3) is 0.429. The number of nitrogens with zero attached hydrogens (tertiary/aromatic N) is 3. The molecule has 1 amide bonds. The van der Waals surface area contributed by atoms with E-state index in [0.29, 0.717) is 19.6 Å². The zero-order valence-electron chi connectivity index (χ0n) is 16.1. The number of carbonyl (C=O) groups is 1. The summed E-state index contributed by atoms with van der Waals surface area (Å²) in [6, 6.07) is 10.2. The topological polar surface area (TPSA) is 74.5 Å². The Bertz CT molecular complexity index is 889. The summed E-state index contributed by atoms with van der Waals surface area (Å²) in [6.45, 7) is 6.18. The van der Waals surface area contributed by atoms with Crippen molar-refractivity contribution < 1.29 is 4.79 Å². The fourth-order valence-corrected chi connectivity index (χ4v) is 4.77. The Morgan fingerprint density at radius 3 is 2.93 bits per heavy atom. The molecule has 1 aromatic carbocycles. The average molecular weight is 400 g/mol. The van der Waals surface area contributed by atoms with Gasteiger partial charge in [-0.05, 0) is 30.2 Å². The number of aromatic nitrogens is 1. The molecule has 28 heavy (non-hydrogen) atoms. The third-order valence-corrected chi connectivity index (χ3v) is 6.31. The minimum absolute atomic E-state index is 0.118. The lowest BCUT2D eigenvalue weighted by atomic mass is 9.74. The number of nitrogens with two attached hydrogens (primary N) is 1. The second kappa shape index (κ2) is 7.70. The number of hydrogen-bond acceptors (Lipinski definition) is 5. The van der Waals surface area contributed by atoms with Gasteiger partial charge in [0.2, 0.25) is 5.91 Å². The van der Waals surface area contributed by atoms with E-state index >= 15 is 0 Å². The molecule has 7 heteroatoms. The SMILES string of the molecule is CCC1(c2cccc(N3CCN(CCN)CC3=O)c2)CNc2nccc(Cl)c21. The number of fused-ring (bicyclic) bond motifs is 1. The van der Waals surface area contributed by atoms with Gasteiger partial charge in [0.25, 0.3) is 0 Å². The molecule has 2 aliphatic rings. The largest absolute Gasteiger partial charge is 0.369 e. The zero-order valence-corrected chi connectivity index (χ0v) is 16.9. The lowest BCUT2D eigenvalue weighted by molar-refractivity contribution is -0.121. The van der Waals surface area contributed by atoms with E-state index in [9.17, 15) is 4.79 Å². The molecule has 148 valence electrons. The summed E-state index contributed by atoms with van der Waals surface area (Å²) in [4.78, 5) is 21.2. The van der Waals surface area contributed by atoms with Gasteiger partial charge in [-0.25, -0.2) is 4.98 Å². The molecule has 4 rings (SSSR count). The number of nitrogens with one attached hydrogen (secondary N) is 1. The van der Waals surface area contributed by atoms with Gasteiger partial charge in [0, 0.05) is 60.6 Å². The van der Waals surface area contributed by atoms with Gasteiger partial charge in [0.15, 0.2) is 0 Å². The van der Waals surface area contributed by atoms with Crippen LogP contribution in [0.15, 0.2) is 36.5 Å². The molecule has 3 N–H and O–H groups in total. The Balaban J connectivity index is 1.68. The number of amides is 1. The van der Waals surface area contributed by atoms with Crippen LogP contribution in [0.4, 0.5) is 11.5 Å². The standard InChI is InChI=1S/C21H26ClN5O/c1-2-21(14-25-20-19(21)17(22)6-8-24-20)15-4-3-5-16(12-15)27-11-10-26(9-7-23)13-18(27)28/h3-6,8,12H,2,7,9-11,13-14,23H2,1H3,(H,24,25). The summed E-state index contributed by atoms with van der Waals surface area (Å²) < 4.78 is 0. The van der Waals surface area contributed by atoms with E-state index in [-0.39, 0.29) is 11.3 Å². The molecule has 1 atom stereocenters. The van der Waals surface area contributed by atoms with Crippen molar-refractivity contribution >= 4 is 29.0 Å². The van der Waals surface area contributed by atoms with Crippen LogP contribution in [0, 0.1) is 0 Å². The molecule has 0 aliphatic carbocycles. The summed E-state index contributed by atoms with van der Waals surface area (Å²) in [5, 5.41) is 4.14. The number of carbonyl (C=O) groups excluding carboxylic acids is 1. The lowest BCUT2D eigenvalue weighted by Gasteiger charge is -2.35. The number of benzene rings is 1. The lowest BCUT2D eigenvalue weighted by Crippen LogP contribution is -2.51. The monoisotopic (exact) mass is 399 g/mol. The fourth-order valence-electron chi connectivity index (χ4n) is 4.44. The molecule has 0 radical (unpaired) electrons. The predicted molar refractivity (Wildman–Crippen MR) is 113 cm³/mol. The molecule has 1 saturated heterocycles. The van der Waals surface area contributed by atoms with Gasteiger partial charge < -0.3 is 16.0 Å². The molecule has 0 spiro atoms. The van der Waals surface area contributed by atoms with Crippen molar-refractivity contribution in [3.63, 3.8) is 0 Å². The van der Waals surface area contributed by atoms with E-state index in [1.54, 1.807) is 6.20 Å². The van der Waals surface area contributed by atoms with Crippen molar-refractivity contribution in [2.45, 2.75) is 18.8 Å². The molecule has 6 nitrogen and oxygen atoms in total. The van der Waals surface area contributed by atoms with Crippen LogP contribution in [0.5, 0.6) is 0 Å². The first-order chi connectivity index (χ1) is 13.6. The number of piperazine rings is 1. The number of anilines is 2. The molecule has 2 aliphatic heterocycles. The summed E-state index contributed by atoms with van der Waals surface area (Å²) in [6.07, 6.45) is 2.62. The average Bonchev–Trinajstić information content (AvgIpc) is 3.10. The van der Waals surface area contributed by atoms with Crippen LogP contribution < -0.4 is 16.0 Å². The summed E-state index contributed by atoms with van der Waals surface area (Å²) in [7, 11) is 0. The van der Waals surface area contributed by atoms with E-state index in [0.717, 1.165) is 53.7 Å². The van der Waals surface area contributed by atoms with Crippen molar-refractivity contribution in [1.29, 1.82) is 0 Å². The number of hydrogen-bond donors (Lipinski definition) is 2. The minimum Gasteiger partial charge on any atom is -0.369 e. The Hall–Kier alpha value is -2.15. The first-order valence-electron chi connectivity index (χ1n) is 9.81. The van der Waals surface area contributed by atoms with Crippen molar-refractivity contribution in [3.8, 4) is 0 Å². The Labute approximate surface area is 170 Å². The first kappa shape index (κ1) is 19.2. The normalized spacial score (nSPS) is 22.2. The zero-order chi connectivity index (χ0) is 19.7. The summed E-state index contributed by atoms with van der Waals surface area (Å²) in [5.74, 6) is 0.971. The maximum atomic E-state index is 12.7. The van der Waals surface area contributed by atoms with E-state index in [1.807, 2.05) is 23.1 Å². The van der Waals surface area contributed by atoms with Crippen molar-refractivity contribution in [1.82, 2.24) is 9.88 Å². The van der Waals surface area contributed by atoms with Crippen LogP contribution >= 0.6 is 11.6 Å². The van der Waals surface area contributed by atoms with Gasteiger partial charge in [0.05, 0.1) is 6.54 Å². The molecular weight excluding hydrogens is 374 g/mol. The summed E-state index contributed by atoms with van der Waals surface area (Å²) in [5.41, 5.74) is 8.53. The van der Waals surface area contributed by atoms with Gasteiger partial charge in [-0.1, -0.05) is 30.7 Å². The summed E-state index contributed by atoms with van der Waals surface area (Å²) >= 11 is 6.58. The number of pyridine rings is 1. The van der Waals surface area contributed by atoms with Crippen molar-refractivity contribution in [2.24, 2.45) is 5.73 Å². The van der Waals surface area contributed by atoms with Crippen LogP contribution in [-0.4, -0.2) is 55.1 Å². The van der Waals surface area contributed by atoms with Crippen LogP contribution in [0.1, 0.15) is 24.5 Å².